The third-order valence-electron chi connectivity index (χ3n) is 5.19. The molecule has 0 amide bonds. The Morgan fingerprint density at radius 1 is 1.32 bits per heavy atom. The summed E-state index contributed by atoms with van der Waals surface area (Å²) in [4.78, 5) is 22.3. The molecule has 2 aromatic heterocycles. The summed E-state index contributed by atoms with van der Waals surface area (Å²) in [5.41, 5.74) is 3.10. The third kappa shape index (κ3) is 4.61. The fraction of sp³-hybridized carbons (Fsp3) is 0.476. The van der Waals surface area contributed by atoms with E-state index >= 15 is 0 Å². The number of esters is 1. The Kier molecular flexibility index (Phi) is 6.18. The average Bonchev–Trinajstić information content (AvgIpc) is 2.64. The highest BCUT2D eigenvalue weighted by Gasteiger charge is 2.29. The normalized spacial score (nSPS) is 16.1. The summed E-state index contributed by atoms with van der Waals surface area (Å²) >= 11 is 6.41. The van der Waals surface area contributed by atoms with E-state index < -0.39 is 5.95 Å². The Morgan fingerprint density at radius 2 is 2.04 bits per heavy atom. The van der Waals surface area contributed by atoms with Crippen LogP contribution in [-0.2, 0) is 16.0 Å². The Hall–Kier alpha value is -2.21. The van der Waals surface area contributed by atoms with Gasteiger partial charge in [-0.05, 0) is 36.8 Å². The van der Waals surface area contributed by atoms with Crippen molar-refractivity contribution in [2.45, 2.75) is 40.0 Å². The van der Waals surface area contributed by atoms with Gasteiger partial charge in [0.05, 0.1) is 18.7 Å². The topological polar surface area (TPSA) is 55.3 Å². The summed E-state index contributed by atoms with van der Waals surface area (Å²) < 4.78 is 18.9. The number of ether oxygens (including phenoxy) is 1. The number of anilines is 1. The minimum atomic E-state index is -0.565. The predicted molar refractivity (Wildman–Crippen MR) is 108 cm³/mol. The smallest absolute Gasteiger partial charge is 0.310 e. The highest BCUT2D eigenvalue weighted by Crippen LogP contribution is 2.40. The summed E-state index contributed by atoms with van der Waals surface area (Å²) in [6.45, 7) is 8.21. The highest BCUT2D eigenvalue weighted by molar-refractivity contribution is 6.31. The number of piperidine rings is 1. The van der Waals surface area contributed by atoms with Gasteiger partial charge in [-0.15, -0.1) is 0 Å². The molecule has 1 saturated heterocycles. The van der Waals surface area contributed by atoms with Crippen molar-refractivity contribution in [1.82, 2.24) is 9.97 Å². The number of carbonyl (C=O) groups is 1. The van der Waals surface area contributed by atoms with Crippen LogP contribution in [0, 0.1) is 11.4 Å². The van der Waals surface area contributed by atoms with Gasteiger partial charge in [0.25, 0.3) is 0 Å². The zero-order chi connectivity index (χ0) is 20.3. The molecule has 3 rings (SSSR count). The van der Waals surface area contributed by atoms with E-state index in [-0.39, 0.29) is 23.0 Å². The van der Waals surface area contributed by atoms with Crippen LogP contribution in [0.25, 0.3) is 11.1 Å². The molecule has 0 saturated carbocycles. The van der Waals surface area contributed by atoms with Crippen LogP contribution in [0.4, 0.5) is 10.1 Å². The second kappa shape index (κ2) is 8.43. The van der Waals surface area contributed by atoms with Crippen molar-refractivity contribution >= 4 is 23.3 Å². The Bertz CT molecular complexity index is 863. The molecule has 7 heteroatoms. The van der Waals surface area contributed by atoms with E-state index in [9.17, 15) is 9.18 Å². The molecule has 0 radical (unpaired) electrons. The van der Waals surface area contributed by atoms with E-state index in [4.69, 9.17) is 16.3 Å². The molecule has 0 atom stereocenters. The van der Waals surface area contributed by atoms with Crippen molar-refractivity contribution in [2.24, 2.45) is 5.41 Å². The molecule has 1 fully saturated rings. The number of rotatable bonds is 5. The predicted octanol–water partition coefficient (Wildman–Crippen LogP) is 4.67. The van der Waals surface area contributed by atoms with Crippen molar-refractivity contribution in [3.63, 3.8) is 0 Å². The minimum absolute atomic E-state index is 0.0241. The maximum atomic E-state index is 13.8. The fourth-order valence-corrected chi connectivity index (χ4v) is 3.72. The molecule has 0 bridgehead atoms. The Labute approximate surface area is 169 Å². The van der Waals surface area contributed by atoms with Crippen molar-refractivity contribution in [3.8, 4) is 11.1 Å². The number of hydrogen-bond donors (Lipinski definition) is 0. The highest BCUT2D eigenvalue weighted by atomic mass is 35.5. The molecular formula is C21H25ClFN3O2. The van der Waals surface area contributed by atoms with E-state index in [1.54, 1.807) is 19.2 Å². The van der Waals surface area contributed by atoms with Crippen LogP contribution in [-0.4, -0.2) is 35.6 Å². The van der Waals surface area contributed by atoms with Gasteiger partial charge in [-0.25, -0.2) is 9.97 Å². The van der Waals surface area contributed by atoms with Gasteiger partial charge < -0.3 is 9.64 Å². The summed E-state index contributed by atoms with van der Waals surface area (Å²) in [5, 5.41) is 0.270. The molecule has 0 aromatic carbocycles. The van der Waals surface area contributed by atoms with Crippen LogP contribution in [0.15, 0.2) is 24.5 Å². The lowest BCUT2D eigenvalue weighted by Crippen LogP contribution is -2.38. The maximum Gasteiger partial charge on any atom is 0.310 e. The lowest BCUT2D eigenvalue weighted by Gasteiger charge is -2.40. The standard InChI is InChI=1S/C21H25ClFN3O2/c1-4-28-18(27)12-15-19(26-9-6-21(2,3)7-10-26)16(13-25-20(15)22)14-5-8-24-17(23)11-14/h5,8,11,13H,4,6-7,9-10,12H2,1-3H3. The molecule has 1 aliphatic rings. The monoisotopic (exact) mass is 405 g/mol. The Balaban J connectivity index is 2.10. The molecule has 28 heavy (non-hydrogen) atoms. The average molecular weight is 406 g/mol. The number of hydrogen-bond acceptors (Lipinski definition) is 5. The maximum absolute atomic E-state index is 13.8. The summed E-state index contributed by atoms with van der Waals surface area (Å²) in [5.74, 6) is -0.923. The number of carbonyl (C=O) groups excluding carboxylic acids is 1. The minimum Gasteiger partial charge on any atom is -0.466 e. The van der Waals surface area contributed by atoms with Crippen LogP contribution in [0.1, 0.15) is 39.2 Å². The molecule has 5 nitrogen and oxygen atoms in total. The summed E-state index contributed by atoms with van der Waals surface area (Å²) in [7, 11) is 0. The molecule has 3 heterocycles. The van der Waals surface area contributed by atoms with Gasteiger partial charge in [0.15, 0.2) is 0 Å². The second-order valence-electron chi connectivity index (χ2n) is 7.79. The molecule has 0 spiro atoms. The van der Waals surface area contributed by atoms with E-state index in [1.807, 2.05) is 0 Å². The first-order valence-electron chi connectivity index (χ1n) is 9.50. The molecule has 2 aromatic rings. The van der Waals surface area contributed by atoms with Gasteiger partial charge in [0, 0.05) is 42.7 Å². The van der Waals surface area contributed by atoms with Crippen LogP contribution >= 0.6 is 11.6 Å². The van der Waals surface area contributed by atoms with Crippen LogP contribution in [0.3, 0.4) is 0 Å². The zero-order valence-electron chi connectivity index (χ0n) is 16.5. The fourth-order valence-electron chi connectivity index (χ4n) is 3.51. The molecular weight excluding hydrogens is 381 g/mol. The molecule has 150 valence electrons. The summed E-state index contributed by atoms with van der Waals surface area (Å²) in [6.07, 6.45) is 5.11. The molecule has 1 aliphatic heterocycles. The number of pyridine rings is 2. The number of aromatic nitrogens is 2. The van der Waals surface area contributed by atoms with E-state index in [0.717, 1.165) is 37.2 Å². The van der Waals surface area contributed by atoms with Gasteiger partial charge in [0.2, 0.25) is 5.95 Å². The van der Waals surface area contributed by atoms with Gasteiger partial charge >= 0.3 is 5.97 Å². The Morgan fingerprint density at radius 3 is 2.68 bits per heavy atom. The quantitative estimate of drug-likeness (QED) is 0.534. The third-order valence-corrected chi connectivity index (χ3v) is 5.52. The van der Waals surface area contributed by atoms with Crippen LogP contribution in [0.5, 0.6) is 0 Å². The zero-order valence-corrected chi connectivity index (χ0v) is 17.2. The van der Waals surface area contributed by atoms with E-state index in [1.165, 1.54) is 12.3 Å². The number of nitrogens with zero attached hydrogens (tertiary/aromatic N) is 3. The van der Waals surface area contributed by atoms with Gasteiger partial charge in [0.1, 0.15) is 5.15 Å². The van der Waals surface area contributed by atoms with Crippen LogP contribution in [0.2, 0.25) is 5.15 Å². The summed E-state index contributed by atoms with van der Waals surface area (Å²) in [6, 6.07) is 3.11. The van der Waals surface area contributed by atoms with Crippen LogP contribution < -0.4 is 4.90 Å². The SMILES string of the molecule is CCOC(=O)Cc1c(Cl)ncc(-c2ccnc(F)c2)c1N1CCC(C)(C)CC1. The first kappa shape index (κ1) is 20.5. The first-order chi connectivity index (χ1) is 13.3. The van der Waals surface area contributed by atoms with Crippen molar-refractivity contribution < 1.29 is 13.9 Å². The lowest BCUT2D eigenvalue weighted by molar-refractivity contribution is -0.142. The largest absolute Gasteiger partial charge is 0.466 e. The number of halogens is 2. The van der Waals surface area contributed by atoms with E-state index in [2.05, 4.69) is 28.7 Å². The van der Waals surface area contributed by atoms with E-state index in [0.29, 0.717) is 17.7 Å². The second-order valence-corrected chi connectivity index (χ2v) is 8.15. The molecule has 0 N–H and O–H groups in total. The van der Waals surface area contributed by atoms with Crippen molar-refractivity contribution in [1.29, 1.82) is 0 Å². The van der Waals surface area contributed by atoms with Gasteiger partial charge in [-0.3, -0.25) is 4.79 Å². The van der Waals surface area contributed by atoms with Crippen molar-refractivity contribution in [3.05, 3.63) is 41.2 Å². The lowest BCUT2D eigenvalue weighted by atomic mass is 9.82. The molecule has 0 unspecified atom stereocenters. The van der Waals surface area contributed by atoms with Gasteiger partial charge in [-0.1, -0.05) is 25.4 Å². The van der Waals surface area contributed by atoms with Gasteiger partial charge in [-0.2, -0.15) is 4.39 Å². The first-order valence-corrected chi connectivity index (χ1v) is 9.88. The van der Waals surface area contributed by atoms with Crippen molar-refractivity contribution in [2.75, 3.05) is 24.6 Å². The molecule has 0 aliphatic carbocycles.